The molecule has 0 N–H and O–H groups in total. The Morgan fingerprint density at radius 2 is 1.97 bits per heavy atom. The summed E-state index contributed by atoms with van der Waals surface area (Å²) >= 11 is 0. The summed E-state index contributed by atoms with van der Waals surface area (Å²) in [6.07, 6.45) is 3.84. The average Bonchev–Trinajstić information content (AvgIpc) is 3.22. The SMILES string of the molecule is COC12C(C)CC3(CC1C(C)=O)C1Cc4ccc(OCc5ccccc5)c5c4C3(CCN1C)C2O5. The van der Waals surface area contributed by atoms with Crippen LogP contribution in [0.2, 0.25) is 0 Å². The number of fused-ring (bicyclic) bond motifs is 2. The third kappa shape index (κ3) is 2.40. The maximum atomic E-state index is 13.2. The minimum Gasteiger partial charge on any atom is -0.485 e. The van der Waals surface area contributed by atoms with Gasteiger partial charge in [0.05, 0.1) is 5.92 Å². The standard InChI is InChI=1S/C30H35NO4/c1-18-15-28-16-22(19(2)32)30(18,33-4)27-29(28)12-13-31(3)24(28)14-21-10-11-23(26(35-27)25(21)29)34-17-20-8-6-5-7-9-20/h5-11,18,22,24,27H,12-17H2,1-4H3. The van der Waals surface area contributed by atoms with Gasteiger partial charge in [0.15, 0.2) is 11.5 Å². The third-order valence-electron chi connectivity index (χ3n) is 10.7. The molecule has 2 heterocycles. The Hall–Kier alpha value is -2.37. The average molecular weight is 474 g/mol. The van der Waals surface area contributed by atoms with E-state index in [4.69, 9.17) is 14.2 Å². The summed E-state index contributed by atoms with van der Waals surface area (Å²) in [6.45, 7) is 5.59. The summed E-state index contributed by atoms with van der Waals surface area (Å²) in [7, 11) is 4.08. The minimum absolute atomic E-state index is 0.0109. The highest BCUT2D eigenvalue weighted by molar-refractivity contribution is 5.81. The van der Waals surface area contributed by atoms with Crippen molar-refractivity contribution in [2.24, 2.45) is 17.3 Å². The Morgan fingerprint density at radius 3 is 2.71 bits per heavy atom. The van der Waals surface area contributed by atoms with E-state index in [9.17, 15) is 4.79 Å². The van der Waals surface area contributed by atoms with Gasteiger partial charge in [-0.1, -0.05) is 43.3 Å². The Bertz CT molecular complexity index is 1210. The van der Waals surface area contributed by atoms with Gasteiger partial charge < -0.3 is 19.1 Å². The number of piperidine rings is 1. The smallest absolute Gasteiger partial charge is 0.166 e. The van der Waals surface area contributed by atoms with Crippen LogP contribution in [0.3, 0.4) is 0 Å². The molecule has 3 saturated carbocycles. The van der Waals surface area contributed by atoms with E-state index < -0.39 is 5.60 Å². The fourth-order valence-electron chi connectivity index (χ4n) is 9.50. The van der Waals surface area contributed by atoms with Gasteiger partial charge in [0.1, 0.15) is 24.1 Å². The summed E-state index contributed by atoms with van der Waals surface area (Å²) in [4.78, 5) is 15.8. The van der Waals surface area contributed by atoms with Crippen LogP contribution in [-0.4, -0.2) is 49.1 Å². The number of hydrogen-bond donors (Lipinski definition) is 0. The maximum absolute atomic E-state index is 13.2. The molecule has 1 saturated heterocycles. The normalized spacial score (nSPS) is 40.2. The second-order valence-corrected chi connectivity index (χ2v) is 11.8. The van der Waals surface area contributed by atoms with Gasteiger partial charge in [-0.3, -0.25) is 4.79 Å². The third-order valence-corrected chi connectivity index (χ3v) is 10.7. The second-order valence-electron chi connectivity index (χ2n) is 11.8. The predicted molar refractivity (Wildman–Crippen MR) is 133 cm³/mol. The molecule has 0 radical (unpaired) electrons. The van der Waals surface area contributed by atoms with Crippen molar-refractivity contribution in [3.63, 3.8) is 0 Å². The van der Waals surface area contributed by atoms with Gasteiger partial charge >= 0.3 is 0 Å². The number of ketones is 1. The quantitative estimate of drug-likeness (QED) is 0.638. The molecule has 7 unspecified atom stereocenters. The lowest BCUT2D eigenvalue weighted by atomic mass is 9.33. The van der Waals surface area contributed by atoms with Crippen molar-refractivity contribution in [2.45, 2.75) is 69.3 Å². The first-order valence-electron chi connectivity index (χ1n) is 13.1. The fraction of sp³-hybridized carbons (Fsp3) is 0.567. The zero-order chi connectivity index (χ0) is 24.2. The monoisotopic (exact) mass is 473 g/mol. The number of likely N-dealkylation sites (tertiary alicyclic amines) is 1. The van der Waals surface area contributed by atoms with Gasteiger partial charge in [-0.05, 0) is 69.3 Å². The number of nitrogens with zero attached hydrogens (tertiary/aromatic N) is 1. The molecule has 2 spiro atoms. The molecule has 7 atom stereocenters. The summed E-state index contributed by atoms with van der Waals surface area (Å²) in [5.41, 5.74) is 3.17. The Labute approximate surface area is 207 Å². The largest absolute Gasteiger partial charge is 0.485 e. The lowest BCUT2D eigenvalue weighted by Gasteiger charge is -2.75. The number of ether oxygens (including phenoxy) is 3. The number of carbonyl (C=O) groups is 1. The molecule has 5 heteroatoms. The number of likely N-dealkylation sites (N-methyl/N-ethyl adjacent to an activating group) is 1. The predicted octanol–water partition coefficient (Wildman–Crippen LogP) is 4.54. The molecule has 2 aromatic carbocycles. The van der Waals surface area contributed by atoms with Gasteiger partial charge in [0, 0.05) is 29.5 Å². The van der Waals surface area contributed by atoms with Gasteiger partial charge in [-0.15, -0.1) is 0 Å². The molecule has 6 aliphatic rings. The summed E-state index contributed by atoms with van der Waals surface area (Å²) in [5.74, 6) is 2.07. The first-order valence-corrected chi connectivity index (χ1v) is 13.1. The molecule has 184 valence electrons. The molecule has 4 aliphatic carbocycles. The van der Waals surface area contributed by atoms with Crippen LogP contribution in [0.4, 0.5) is 0 Å². The fourth-order valence-corrected chi connectivity index (χ4v) is 9.50. The molecule has 4 bridgehead atoms. The van der Waals surface area contributed by atoms with Crippen molar-refractivity contribution >= 4 is 5.78 Å². The molecule has 0 aromatic heterocycles. The number of Topliss-reactive ketones (excluding diaryl/α,β-unsaturated/α-hetero) is 1. The van der Waals surface area contributed by atoms with Crippen LogP contribution in [0, 0.1) is 17.3 Å². The van der Waals surface area contributed by atoms with Crippen molar-refractivity contribution in [2.75, 3.05) is 20.7 Å². The van der Waals surface area contributed by atoms with Crippen molar-refractivity contribution in [3.05, 3.63) is 59.2 Å². The zero-order valence-electron chi connectivity index (χ0n) is 21.2. The summed E-state index contributed by atoms with van der Waals surface area (Å²) in [5, 5.41) is 0. The number of methoxy groups -OCH3 is 1. The maximum Gasteiger partial charge on any atom is 0.166 e. The molecule has 5 nitrogen and oxygen atoms in total. The summed E-state index contributed by atoms with van der Waals surface area (Å²) < 4.78 is 20.0. The molecule has 8 rings (SSSR count). The highest BCUT2D eigenvalue weighted by Gasteiger charge is 2.82. The number of hydrogen-bond acceptors (Lipinski definition) is 5. The number of benzene rings is 2. The van der Waals surface area contributed by atoms with Gasteiger partial charge in [-0.2, -0.15) is 0 Å². The van der Waals surface area contributed by atoms with Crippen LogP contribution in [-0.2, 0) is 28.0 Å². The molecule has 2 aliphatic heterocycles. The van der Waals surface area contributed by atoms with Crippen LogP contribution in [0.25, 0.3) is 0 Å². The van der Waals surface area contributed by atoms with Gasteiger partial charge in [-0.25, -0.2) is 0 Å². The van der Waals surface area contributed by atoms with E-state index in [2.05, 4.69) is 43.1 Å². The first kappa shape index (κ1) is 21.9. The Balaban J connectivity index is 1.43. The van der Waals surface area contributed by atoms with Crippen molar-refractivity contribution in [3.8, 4) is 11.5 Å². The topological polar surface area (TPSA) is 48.0 Å². The van der Waals surface area contributed by atoms with Crippen molar-refractivity contribution < 1.29 is 19.0 Å². The minimum atomic E-state index is -0.613. The van der Waals surface area contributed by atoms with E-state index in [1.807, 2.05) is 18.2 Å². The molecule has 2 aromatic rings. The molecule has 0 amide bonds. The Morgan fingerprint density at radius 1 is 1.17 bits per heavy atom. The number of rotatable bonds is 5. The van der Waals surface area contributed by atoms with Crippen LogP contribution in [0.5, 0.6) is 11.5 Å². The van der Waals surface area contributed by atoms with Crippen molar-refractivity contribution in [1.29, 1.82) is 0 Å². The highest BCUT2D eigenvalue weighted by atomic mass is 16.6. The van der Waals surface area contributed by atoms with E-state index in [1.54, 1.807) is 14.0 Å². The Kier molecular flexibility index (Phi) is 4.44. The lowest BCUT2D eigenvalue weighted by Crippen LogP contribution is -2.83. The van der Waals surface area contributed by atoms with E-state index in [0.717, 1.165) is 49.3 Å². The van der Waals surface area contributed by atoms with E-state index in [1.165, 1.54) is 11.1 Å². The van der Waals surface area contributed by atoms with Crippen LogP contribution in [0.15, 0.2) is 42.5 Å². The van der Waals surface area contributed by atoms with Gasteiger partial charge in [0.25, 0.3) is 0 Å². The highest BCUT2D eigenvalue weighted by Crippen LogP contribution is 2.77. The lowest BCUT2D eigenvalue weighted by molar-refractivity contribution is -0.291. The van der Waals surface area contributed by atoms with Crippen LogP contribution >= 0.6 is 0 Å². The second kappa shape index (κ2) is 7.10. The number of carbonyl (C=O) groups excluding carboxylic acids is 1. The van der Waals surface area contributed by atoms with Crippen LogP contribution in [0.1, 0.15) is 49.8 Å². The van der Waals surface area contributed by atoms with E-state index in [0.29, 0.717) is 12.6 Å². The molecular formula is C30H35NO4. The first-order chi connectivity index (χ1) is 16.9. The molecular weight excluding hydrogens is 438 g/mol. The van der Waals surface area contributed by atoms with Crippen LogP contribution < -0.4 is 9.47 Å². The zero-order valence-corrected chi connectivity index (χ0v) is 21.2. The van der Waals surface area contributed by atoms with Crippen molar-refractivity contribution in [1.82, 2.24) is 4.90 Å². The molecule has 35 heavy (non-hydrogen) atoms. The molecule has 4 fully saturated rings. The van der Waals surface area contributed by atoms with Gasteiger partial charge in [0.2, 0.25) is 0 Å². The van der Waals surface area contributed by atoms with E-state index >= 15 is 0 Å². The summed E-state index contributed by atoms with van der Waals surface area (Å²) in [6, 6.07) is 15.1. The van der Waals surface area contributed by atoms with E-state index in [-0.39, 0.29) is 34.6 Å².